The fourth-order valence-electron chi connectivity index (χ4n) is 2.96. The van der Waals surface area contributed by atoms with Crippen molar-refractivity contribution in [3.63, 3.8) is 0 Å². The molecule has 0 spiro atoms. The van der Waals surface area contributed by atoms with Gasteiger partial charge in [0.1, 0.15) is 17.3 Å². The highest BCUT2D eigenvalue weighted by Gasteiger charge is 2.05. The van der Waals surface area contributed by atoms with E-state index in [2.05, 4.69) is 15.3 Å². The minimum absolute atomic E-state index is 0.286. The molecule has 4 rings (SSSR count). The number of nitrogens with one attached hydrogen (secondary N) is 1. The largest absolute Gasteiger partial charge is 0.457 e. The minimum atomic E-state index is -0.286. The second-order valence-corrected chi connectivity index (χ2v) is 6.68. The third-order valence-corrected chi connectivity index (χ3v) is 4.37. The smallest absolute Gasteiger partial charge is 0.127 e. The molecule has 29 heavy (non-hydrogen) atoms. The average Bonchev–Trinajstić information content (AvgIpc) is 2.75. The van der Waals surface area contributed by atoms with Crippen LogP contribution in [-0.2, 0) is 6.54 Å². The highest BCUT2D eigenvalue weighted by molar-refractivity contribution is 5.65. The molecule has 0 unspecified atom stereocenters. The number of hydrogen-bond acceptors (Lipinski definition) is 4. The summed E-state index contributed by atoms with van der Waals surface area (Å²) >= 11 is 0. The predicted molar refractivity (Wildman–Crippen MR) is 112 cm³/mol. The van der Waals surface area contributed by atoms with Crippen LogP contribution in [0.2, 0.25) is 0 Å². The third-order valence-electron chi connectivity index (χ3n) is 4.37. The zero-order valence-electron chi connectivity index (χ0n) is 16.0. The molecule has 0 aliphatic carbocycles. The number of aromatic nitrogens is 2. The summed E-state index contributed by atoms with van der Waals surface area (Å²) < 4.78 is 18.8. The lowest BCUT2D eigenvalue weighted by molar-refractivity contribution is 0.480. The quantitative estimate of drug-likeness (QED) is 0.442. The van der Waals surface area contributed by atoms with Crippen LogP contribution in [0.4, 0.5) is 10.1 Å². The topological polar surface area (TPSA) is 47.0 Å². The highest BCUT2D eigenvalue weighted by atomic mass is 19.1. The SMILES string of the molecule is Cc1cc(NCc2cccnc2)cc(-c2ccc(Oc3ccc(F)cc3)cc2)n1. The summed E-state index contributed by atoms with van der Waals surface area (Å²) in [5.74, 6) is 0.990. The standard InChI is InChI=1S/C24H20FN3O/c1-17-13-21(27-16-18-3-2-12-26-15-18)14-24(28-17)19-4-8-22(9-5-19)29-23-10-6-20(25)7-11-23/h2-15H,16H2,1H3,(H,27,28). The number of anilines is 1. The molecule has 0 aliphatic rings. The van der Waals surface area contributed by atoms with E-state index in [1.165, 1.54) is 12.1 Å². The molecule has 0 aliphatic heterocycles. The van der Waals surface area contributed by atoms with Gasteiger partial charge in [0, 0.05) is 35.9 Å². The van der Waals surface area contributed by atoms with Crippen molar-refractivity contribution in [2.75, 3.05) is 5.32 Å². The first-order valence-electron chi connectivity index (χ1n) is 9.31. The molecule has 0 saturated heterocycles. The lowest BCUT2D eigenvalue weighted by Gasteiger charge is -2.11. The Bertz CT molecular complexity index is 1080. The zero-order chi connectivity index (χ0) is 20.1. The van der Waals surface area contributed by atoms with Crippen LogP contribution in [0.1, 0.15) is 11.3 Å². The van der Waals surface area contributed by atoms with Gasteiger partial charge in [-0.25, -0.2) is 4.39 Å². The van der Waals surface area contributed by atoms with Gasteiger partial charge in [-0.3, -0.25) is 9.97 Å². The number of halogens is 1. The van der Waals surface area contributed by atoms with Crippen LogP contribution >= 0.6 is 0 Å². The Morgan fingerprint density at radius 2 is 1.66 bits per heavy atom. The van der Waals surface area contributed by atoms with E-state index in [4.69, 9.17) is 4.74 Å². The Hall–Kier alpha value is -3.73. The van der Waals surface area contributed by atoms with Crippen molar-refractivity contribution < 1.29 is 9.13 Å². The number of aryl methyl sites for hydroxylation is 1. The van der Waals surface area contributed by atoms with Gasteiger partial charge in [0.05, 0.1) is 5.69 Å². The van der Waals surface area contributed by atoms with E-state index in [0.29, 0.717) is 18.0 Å². The molecular formula is C24H20FN3O. The van der Waals surface area contributed by atoms with Crippen molar-refractivity contribution in [2.24, 2.45) is 0 Å². The van der Waals surface area contributed by atoms with E-state index in [0.717, 1.165) is 28.2 Å². The van der Waals surface area contributed by atoms with Crippen LogP contribution in [0, 0.1) is 12.7 Å². The van der Waals surface area contributed by atoms with E-state index in [9.17, 15) is 4.39 Å². The van der Waals surface area contributed by atoms with Crippen molar-refractivity contribution >= 4 is 5.69 Å². The van der Waals surface area contributed by atoms with Gasteiger partial charge in [0.2, 0.25) is 0 Å². The molecule has 4 aromatic rings. The number of rotatable bonds is 6. The van der Waals surface area contributed by atoms with Gasteiger partial charge in [0.15, 0.2) is 0 Å². The van der Waals surface area contributed by atoms with Gasteiger partial charge in [-0.15, -0.1) is 0 Å². The van der Waals surface area contributed by atoms with Crippen LogP contribution in [-0.4, -0.2) is 9.97 Å². The van der Waals surface area contributed by atoms with Gasteiger partial charge in [-0.05, 0) is 79.2 Å². The third kappa shape index (κ3) is 4.96. The van der Waals surface area contributed by atoms with Gasteiger partial charge >= 0.3 is 0 Å². The van der Waals surface area contributed by atoms with Gasteiger partial charge < -0.3 is 10.1 Å². The summed E-state index contributed by atoms with van der Waals surface area (Å²) in [6, 6.07) is 21.7. The van der Waals surface area contributed by atoms with E-state index in [1.54, 1.807) is 18.3 Å². The second-order valence-electron chi connectivity index (χ2n) is 6.68. The summed E-state index contributed by atoms with van der Waals surface area (Å²) in [6.45, 7) is 2.67. The Labute approximate surface area is 169 Å². The Morgan fingerprint density at radius 1 is 0.931 bits per heavy atom. The van der Waals surface area contributed by atoms with Crippen molar-refractivity contribution in [2.45, 2.75) is 13.5 Å². The molecule has 1 N–H and O–H groups in total. The van der Waals surface area contributed by atoms with Crippen molar-refractivity contribution in [3.05, 3.63) is 102 Å². The minimum Gasteiger partial charge on any atom is -0.457 e. The fraction of sp³-hybridized carbons (Fsp3) is 0.0833. The second kappa shape index (κ2) is 8.52. The number of pyridine rings is 2. The molecule has 144 valence electrons. The molecule has 0 atom stereocenters. The van der Waals surface area contributed by atoms with Crippen molar-refractivity contribution in [1.82, 2.24) is 9.97 Å². The summed E-state index contributed by atoms with van der Waals surface area (Å²) in [5.41, 5.74) is 4.92. The summed E-state index contributed by atoms with van der Waals surface area (Å²) in [4.78, 5) is 8.79. The van der Waals surface area contributed by atoms with E-state index in [-0.39, 0.29) is 5.82 Å². The summed E-state index contributed by atoms with van der Waals surface area (Å²) in [5, 5.41) is 3.43. The van der Waals surface area contributed by atoms with Gasteiger partial charge in [-0.1, -0.05) is 6.07 Å². The number of nitrogens with zero attached hydrogens (tertiary/aromatic N) is 2. The molecule has 0 saturated carbocycles. The lowest BCUT2D eigenvalue weighted by Crippen LogP contribution is -2.01. The maximum Gasteiger partial charge on any atom is 0.127 e. The summed E-state index contributed by atoms with van der Waals surface area (Å²) in [6.07, 6.45) is 3.61. The van der Waals surface area contributed by atoms with Crippen molar-refractivity contribution in [3.8, 4) is 22.8 Å². The van der Waals surface area contributed by atoms with E-state index in [1.807, 2.05) is 61.7 Å². The maximum atomic E-state index is 13.0. The average molecular weight is 385 g/mol. The molecule has 2 aromatic carbocycles. The molecular weight excluding hydrogens is 365 g/mol. The van der Waals surface area contributed by atoms with E-state index < -0.39 is 0 Å². The molecule has 0 radical (unpaired) electrons. The molecule has 2 aromatic heterocycles. The molecule has 0 bridgehead atoms. The van der Waals surface area contributed by atoms with Crippen LogP contribution in [0.25, 0.3) is 11.3 Å². The first-order chi connectivity index (χ1) is 14.2. The van der Waals surface area contributed by atoms with E-state index >= 15 is 0 Å². The normalized spacial score (nSPS) is 10.6. The molecule has 4 nitrogen and oxygen atoms in total. The zero-order valence-corrected chi connectivity index (χ0v) is 16.0. The molecule has 0 amide bonds. The first kappa shape index (κ1) is 18.6. The Balaban J connectivity index is 1.48. The molecule has 2 heterocycles. The number of ether oxygens (including phenoxy) is 1. The Kier molecular flexibility index (Phi) is 5.47. The monoisotopic (exact) mass is 385 g/mol. The highest BCUT2D eigenvalue weighted by Crippen LogP contribution is 2.27. The first-order valence-corrected chi connectivity index (χ1v) is 9.31. The lowest BCUT2D eigenvalue weighted by atomic mass is 10.1. The summed E-state index contributed by atoms with van der Waals surface area (Å²) in [7, 11) is 0. The van der Waals surface area contributed by atoms with Crippen molar-refractivity contribution in [1.29, 1.82) is 0 Å². The fourth-order valence-corrected chi connectivity index (χ4v) is 2.96. The number of hydrogen-bond donors (Lipinski definition) is 1. The Morgan fingerprint density at radius 3 is 2.34 bits per heavy atom. The molecule has 5 heteroatoms. The van der Waals surface area contributed by atoms with Gasteiger partial charge in [-0.2, -0.15) is 0 Å². The predicted octanol–water partition coefficient (Wildman–Crippen LogP) is 6.00. The van der Waals surface area contributed by atoms with Gasteiger partial charge in [0.25, 0.3) is 0 Å². The molecule has 0 fully saturated rings. The maximum absolute atomic E-state index is 13.0. The van der Waals surface area contributed by atoms with Crippen LogP contribution < -0.4 is 10.1 Å². The van der Waals surface area contributed by atoms with Crippen LogP contribution in [0.15, 0.2) is 85.2 Å². The number of benzene rings is 2. The van der Waals surface area contributed by atoms with Crippen LogP contribution in [0.3, 0.4) is 0 Å². The van der Waals surface area contributed by atoms with Crippen LogP contribution in [0.5, 0.6) is 11.5 Å².